The summed E-state index contributed by atoms with van der Waals surface area (Å²) in [6.45, 7) is 4.39. The number of halogens is 1. The lowest BCUT2D eigenvalue weighted by molar-refractivity contribution is -0.112. The molecule has 5 heteroatoms. The van der Waals surface area contributed by atoms with Gasteiger partial charge in [0.05, 0.1) is 11.6 Å². The highest BCUT2D eigenvalue weighted by molar-refractivity contribution is 6.32. The van der Waals surface area contributed by atoms with E-state index in [1.54, 1.807) is 18.2 Å². The molecular weight excluding hydrogens is 336 g/mol. The lowest BCUT2D eigenvalue weighted by Crippen LogP contribution is -2.14. The summed E-state index contributed by atoms with van der Waals surface area (Å²) < 4.78 is 5.38. The highest BCUT2D eigenvalue weighted by Crippen LogP contribution is 2.26. The van der Waals surface area contributed by atoms with E-state index >= 15 is 0 Å². The van der Waals surface area contributed by atoms with Crippen molar-refractivity contribution in [3.05, 3.63) is 64.2 Å². The van der Waals surface area contributed by atoms with Gasteiger partial charge in [-0.3, -0.25) is 4.79 Å². The highest BCUT2D eigenvalue weighted by Gasteiger charge is 2.12. The number of ether oxygens (including phenoxy) is 1. The second kappa shape index (κ2) is 8.91. The fourth-order valence-corrected chi connectivity index (χ4v) is 2.58. The molecule has 4 nitrogen and oxygen atoms in total. The minimum absolute atomic E-state index is 0.00568. The second-order valence-electron chi connectivity index (χ2n) is 5.26. The first-order valence-electron chi connectivity index (χ1n) is 8.02. The predicted octanol–water partition coefficient (Wildman–Crippen LogP) is 4.85. The normalized spacial score (nSPS) is 10.9. The monoisotopic (exact) mass is 354 g/mol. The minimum Gasteiger partial charge on any atom is -0.492 e. The van der Waals surface area contributed by atoms with E-state index in [2.05, 4.69) is 5.32 Å². The molecule has 2 aromatic carbocycles. The van der Waals surface area contributed by atoms with E-state index in [0.717, 1.165) is 12.0 Å². The Hall–Kier alpha value is -2.77. The van der Waals surface area contributed by atoms with E-state index in [9.17, 15) is 10.1 Å². The molecule has 0 bridgehead atoms. The van der Waals surface area contributed by atoms with Crippen molar-refractivity contribution in [3.63, 3.8) is 0 Å². The summed E-state index contributed by atoms with van der Waals surface area (Å²) in [4.78, 5) is 12.4. The average Bonchev–Trinajstić information content (AvgIpc) is 2.62. The van der Waals surface area contributed by atoms with Gasteiger partial charge in [-0.2, -0.15) is 5.26 Å². The van der Waals surface area contributed by atoms with Crippen LogP contribution >= 0.6 is 11.6 Å². The van der Waals surface area contributed by atoms with Gasteiger partial charge >= 0.3 is 0 Å². The summed E-state index contributed by atoms with van der Waals surface area (Å²) >= 11 is 6.15. The number of anilines is 1. The Morgan fingerprint density at radius 1 is 1.28 bits per heavy atom. The topological polar surface area (TPSA) is 62.1 Å². The molecule has 0 aromatic heterocycles. The van der Waals surface area contributed by atoms with Crippen LogP contribution in [0.4, 0.5) is 5.69 Å². The summed E-state index contributed by atoms with van der Waals surface area (Å²) in [5.41, 5.74) is 2.38. The Labute approximate surface area is 152 Å². The molecule has 0 radical (unpaired) electrons. The van der Waals surface area contributed by atoms with Crippen molar-refractivity contribution in [1.29, 1.82) is 5.26 Å². The van der Waals surface area contributed by atoms with E-state index in [4.69, 9.17) is 16.3 Å². The van der Waals surface area contributed by atoms with Crippen LogP contribution in [-0.4, -0.2) is 12.5 Å². The summed E-state index contributed by atoms with van der Waals surface area (Å²) in [5.74, 6) is 0.120. The number of amides is 1. The number of nitrogens with zero attached hydrogens (tertiary/aromatic N) is 1. The fourth-order valence-electron chi connectivity index (χ4n) is 2.33. The Kier molecular flexibility index (Phi) is 6.62. The van der Waals surface area contributed by atoms with Crippen molar-refractivity contribution in [2.75, 3.05) is 11.9 Å². The third-order valence-corrected chi connectivity index (χ3v) is 3.87. The third kappa shape index (κ3) is 4.85. The summed E-state index contributed by atoms with van der Waals surface area (Å²) in [5, 5.41) is 12.6. The van der Waals surface area contributed by atoms with Gasteiger partial charge < -0.3 is 10.1 Å². The van der Waals surface area contributed by atoms with Crippen molar-refractivity contribution in [2.24, 2.45) is 0 Å². The largest absolute Gasteiger partial charge is 0.492 e. The van der Waals surface area contributed by atoms with Crippen molar-refractivity contribution in [3.8, 4) is 11.8 Å². The maximum atomic E-state index is 12.4. The smallest absolute Gasteiger partial charge is 0.266 e. The number of nitrogens with one attached hydrogen (secondary N) is 1. The van der Waals surface area contributed by atoms with Crippen molar-refractivity contribution >= 4 is 29.3 Å². The molecule has 128 valence electrons. The van der Waals surface area contributed by atoms with Crippen LogP contribution in [0.1, 0.15) is 25.0 Å². The van der Waals surface area contributed by atoms with E-state index in [0.29, 0.717) is 28.6 Å². The van der Waals surface area contributed by atoms with Gasteiger partial charge in [-0.15, -0.1) is 0 Å². The number of para-hydroxylation sites is 1. The van der Waals surface area contributed by atoms with E-state index in [1.807, 2.05) is 44.2 Å². The first kappa shape index (κ1) is 18.6. The van der Waals surface area contributed by atoms with Crippen LogP contribution in [0.2, 0.25) is 5.02 Å². The molecular formula is C20H19ClN2O2. The Balaban J connectivity index is 2.24. The zero-order chi connectivity index (χ0) is 18.2. The maximum Gasteiger partial charge on any atom is 0.266 e. The molecule has 1 N–H and O–H groups in total. The van der Waals surface area contributed by atoms with Gasteiger partial charge in [0.1, 0.15) is 17.4 Å². The first-order valence-corrected chi connectivity index (χ1v) is 8.40. The highest BCUT2D eigenvalue weighted by atomic mass is 35.5. The standard InChI is InChI=1S/C20H19ClN2O2/c1-3-15-7-5-6-8-18(15)23-20(24)16(13-22)11-14-9-10-19(25-4-2)17(21)12-14/h5-12H,3-4H2,1-2H3,(H,23,24)/b16-11-. The molecule has 0 aliphatic rings. The molecule has 0 unspecified atom stereocenters. The van der Waals surface area contributed by atoms with E-state index < -0.39 is 5.91 Å². The van der Waals surface area contributed by atoms with Crippen molar-refractivity contribution < 1.29 is 9.53 Å². The Morgan fingerprint density at radius 3 is 2.68 bits per heavy atom. The number of carbonyl (C=O) groups is 1. The molecule has 0 aliphatic carbocycles. The third-order valence-electron chi connectivity index (χ3n) is 3.58. The molecule has 0 heterocycles. The number of rotatable bonds is 6. The van der Waals surface area contributed by atoms with Gasteiger partial charge in [-0.25, -0.2) is 0 Å². The van der Waals surface area contributed by atoms with Crippen LogP contribution < -0.4 is 10.1 Å². The zero-order valence-electron chi connectivity index (χ0n) is 14.2. The SMILES string of the molecule is CCOc1ccc(/C=C(/C#N)C(=O)Nc2ccccc2CC)cc1Cl. The van der Waals surface area contributed by atoms with Gasteiger partial charge in [0, 0.05) is 5.69 Å². The summed E-state index contributed by atoms with van der Waals surface area (Å²) in [6, 6.07) is 14.6. The summed E-state index contributed by atoms with van der Waals surface area (Å²) in [7, 11) is 0. The van der Waals surface area contributed by atoms with Gasteiger partial charge in [-0.05, 0) is 48.7 Å². The second-order valence-corrected chi connectivity index (χ2v) is 5.66. The fraction of sp³-hybridized carbons (Fsp3) is 0.200. The molecule has 0 spiro atoms. The van der Waals surface area contributed by atoms with Gasteiger partial charge in [0.15, 0.2) is 0 Å². The van der Waals surface area contributed by atoms with E-state index in [-0.39, 0.29) is 5.57 Å². The zero-order valence-corrected chi connectivity index (χ0v) is 14.9. The molecule has 0 atom stereocenters. The quantitative estimate of drug-likeness (QED) is 0.596. The molecule has 0 aliphatic heterocycles. The summed E-state index contributed by atoms with van der Waals surface area (Å²) in [6.07, 6.45) is 2.29. The lowest BCUT2D eigenvalue weighted by atomic mass is 10.1. The number of hydrogen-bond acceptors (Lipinski definition) is 3. The minimum atomic E-state index is -0.451. The molecule has 25 heavy (non-hydrogen) atoms. The van der Waals surface area contributed by atoms with Crippen LogP contribution in [0, 0.1) is 11.3 Å². The average molecular weight is 355 g/mol. The number of hydrogen-bond donors (Lipinski definition) is 1. The van der Waals surface area contributed by atoms with Crippen LogP contribution in [-0.2, 0) is 11.2 Å². The van der Waals surface area contributed by atoms with Crippen LogP contribution in [0.3, 0.4) is 0 Å². The van der Waals surface area contributed by atoms with E-state index in [1.165, 1.54) is 6.08 Å². The molecule has 0 saturated heterocycles. The molecule has 1 amide bonds. The molecule has 0 saturated carbocycles. The lowest BCUT2D eigenvalue weighted by Gasteiger charge is -2.09. The van der Waals surface area contributed by atoms with Crippen molar-refractivity contribution in [2.45, 2.75) is 20.3 Å². The number of benzene rings is 2. The van der Waals surface area contributed by atoms with Crippen LogP contribution in [0.5, 0.6) is 5.75 Å². The Bertz CT molecular complexity index is 838. The number of carbonyl (C=O) groups excluding carboxylic acids is 1. The maximum absolute atomic E-state index is 12.4. The number of aryl methyl sites for hydroxylation is 1. The van der Waals surface area contributed by atoms with Gasteiger partial charge in [-0.1, -0.05) is 42.8 Å². The molecule has 0 fully saturated rings. The van der Waals surface area contributed by atoms with Crippen LogP contribution in [0.15, 0.2) is 48.0 Å². The molecule has 2 rings (SSSR count). The Morgan fingerprint density at radius 2 is 2.04 bits per heavy atom. The van der Waals surface area contributed by atoms with Gasteiger partial charge in [0.25, 0.3) is 5.91 Å². The van der Waals surface area contributed by atoms with Crippen LogP contribution in [0.25, 0.3) is 6.08 Å². The predicted molar refractivity (Wildman–Crippen MR) is 101 cm³/mol. The van der Waals surface area contributed by atoms with Gasteiger partial charge in [0.2, 0.25) is 0 Å². The molecule has 2 aromatic rings. The first-order chi connectivity index (χ1) is 12.1. The van der Waals surface area contributed by atoms with Crippen molar-refractivity contribution in [1.82, 2.24) is 0 Å². The number of nitriles is 1.